The summed E-state index contributed by atoms with van der Waals surface area (Å²) >= 11 is 6.07. The first-order chi connectivity index (χ1) is 9.13. The van der Waals surface area contributed by atoms with Gasteiger partial charge in [-0.05, 0) is 30.5 Å². The molecule has 1 aliphatic heterocycles. The Bertz CT molecular complexity index is 455. The molecule has 0 spiro atoms. The summed E-state index contributed by atoms with van der Waals surface area (Å²) in [6.07, 6.45) is 1.15. The van der Waals surface area contributed by atoms with Crippen LogP contribution in [-0.4, -0.2) is 41.6 Å². The van der Waals surface area contributed by atoms with Crippen LogP contribution in [0.1, 0.15) is 18.4 Å². The largest absolute Gasteiger partial charge is 0.389 e. The lowest BCUT2D eigenvalue weighted by Crippen LogP contribution is -2.24. The number of β-amino-alcohol motifs (C(OH)–C–C–N with tert-alkyl or cyclic N) is 2. The predicted molar refractivity (Wildman–Crippen MR) is 75.5 cm³/mol. The summed E-state index contributed by atoms with van der Waals surface area (Å²) in [4.78, 5) is 2.01. The molecule has 1 aromatic rings. The summed E-state index contributed by atoms with van der Waals surface area (Å²) < 4.78 is 0. The van der Waals surface area contributed by atoms with Crippen LogP contribution in [0, 0.1) is 0 Å². The van der Waals surface area contributed by atoms with Gasteiger partial charge in [0.15, 0.2) is 0 Å². The van der Waals surface area contributed by atoms with Gasteiger partial charge in [0.05, 0.1) is 12.2 Å². The number of anilines is 1. The maximum atomic E-state index is 9.68. The zero-order valence-electron chi connectivity index (χ0n) is 10.7. The fourth-order valence-electron chi connectivity index (χ4n) is 2.49. The van der Waals surface area contributed by atoms with E-state index in [1.54, 1.807) is 0 Å². The van der Waals surface area contributed by atoms with Gasteiger partial charge < -0.3 is 20.4 Å². The fourth-order valence-corrected chi connectivity index (χ4v) is 2.66. The molecule has 104 valence electrons. The molecule has 1 saturated carbocycles. The normalized spacial score (nSPS) is 27.0. The van der Waals surface area contributed by atoms with Crippen molar-refractivity contribution in [3.63, 3.8) is 0 Å². The van der Waals surface area contributed by atoms with E-state index < -0.39 is 12.2 Å². The van der Waals surface area contributed by atoms with E-state index in [0.29, 0.717) is 24.2 Å². The second-order valence-electron chi connectivity index (χ2n) is 5.47. The molecule has 5 heteroatoms. The first-order valence-electron chi connectivity index (χ1n) is 6.76. The molecule has 0 radical (unpaired) electrons. The Balaban J connectivity index is 1.79. The van der Waals surface area contributed by atoms with E-state index in [1.165, 1.54) is 12.8 Å². The third kappa shape index (κ3) is 3.03. The van der Waals surface area contributed by atoms with Crippen LogP contribution in [0.4, 0.5) is 5.69 Å². The van der Waals surface area contributed by atoms with E-state index >= 15 is 0 Å². The summed E-state index contributed by atoms with van der Waals surface area (Å²) in [5, 5.41) is 23.5. The first kappa shape index (κ1) is 13.2. The highest BCUT2D eigenvalue weighted by Crippen LogP contribution is 2.29. The molecule has 1 heterocycles. The van der Waals surface area contributed by atoms with Crippen molar-refractivity contribution < 1.29 is 10.2 Å². The van der Waals surface area contributed by atoms with E-state index in [-0.39, 0.29) is 0 Å². The summed E-state index contributed by atoms with van der Waals surface area (Å²) in [5.74, 6) is 0. The van der Waals surface area contributed by atoms with Gasteiger partial charge in [0.25, 0.3) is 0 Å². The summed E-state index contributed by atoms with van der Waals surface area (Å²) in [7, 11) is 0. The van der Waals surface area contributed by atoms with Crippen molar-refractivity contribution in [1.29, 1.82) is 0 Å². The lowest BCUT2D eigenvalue weighted by Gasteiger charge is -2.22. The zero-order chi connectivity index (χ0) is 13.4. The van der Waals surface area contributed by atoms with Gasteiger partial charge in [-0.1, -0.05) is 17.7 Å². The fraction of sp³-hybridized carbons (Fsp3) is 0.571. The number of nitrogens with zero attached hydrogens (tertiary/aromatic N) is 1. The smallest absolute Gasteiger partial charge is 0.0990 e. The van der Waals surface area contributed by atoms with Crippen LogP contribution in [0.15, 0.2) is 18.2 Å². The number of benzene rings is 1. The average molecular weight is 283 g/mol. The monoisotopic (exact) mass is 282 g/mol. The molecule has 3 rings (SSSR count). The van der Waals surface area contributed by atoms with E-state index in [4.69, 9.17) is 11.6 Å². The molecule has 3 N–H and O–H groups in total. The number of nitrogens with one attached hydrogen (secondary N) is 1. The standard InChI is InChI=1S/C14H19ClN2O2/c15-10-2-1-9(6-16-11-3-4-11)12(5-10)17-7-13(18)14(19)8-17/h1-2,5,11,13-14,16,18-19H,3-4,6-8H2. The molecule has 0 amide bonds. The maximum Gasteiger partial charge on any atom is 0.0990 e. The third-order valence-corrected chi connectivity index (χ3v) is 4.04. The van der Waals surface area contributed by atoms with Gasteiger partial charge >= 0.3 is 0 Å². The molecular weight excluding hydrogens is 264 g/mol. The van der Waals surface area contributed by atoms with Crippen molar-refractivity contribution in [2.45, 2.75) is 37.6 Å². The van der Waals surface area contributed by atoms with Crippen molar-refractivity contribution in [3.8, 4) is 0 Å². The Morgan fingerprint density at radius 1 is 1.21 bits per heavy atom. The van der Waals surface area contributed by atoms with Crippen LogP contribution < -0.4 is 10.2 Å². The Morgan fingerprint density at radius 3 is 2.53 bits per heavy atom. The summed E-state index contributed by atoms with van der Waals surface area (Å²) in [6.45, 7) is 1.72. The predicted octanol–water partition coefficient (Wildman–Crippen LogP) is 1.13. The number of hydrogen-bond acceptors (Lipinski definition) is 4. The minimum absolute atomic E-state index is 0.456. The highest BCUT2D eigenvalue weighted by atomic mass is 35.5. The number of rotatable bonds is 4. The van der Waals surface area contributed by atoms with Crippen LogP contribution >= 0.6 is 11.6 Å². The molecule has 1 aromatic carbocycles. The van der Waals surface area contributed by atoms with Gasteiger partial charge in [0.1, 0.15) is 0 Å². The second kappa shape index (κ2) is 5.29. The quantitative estimate of drug-likeness (QED) is 0.775. The Kier molecular flexibility index (Phi) is 3.67. The lowest BCUT2D eigenvalue weighted by atomic mass is 10.1. The number of aliphatic hydroxyl groups excluding tert-OH is 2. The molecule has 1 aliphatic carbocycles. The number of aliphatic hydroxyl groups is 2. The molecule has 2 atom stereocenters. The maximum absolute atomic E-state index is 9.68. The van der Waals surface area contributed by atoms with Crippen LogP contribution in [0.2, 0.25) is 5.02 Å². The molecule has 0 aromatic heterocycles. The van der Waals surface area contributed by atoms with Crippen molar-refractivity contribution in [3.05, 3.63) is 28.8 Å². The van der Waals surface area contributed by atoms with Gasteiger partial charge in [0, 0.05) is 36.4 Å². The molecule has 4 nitrogen and oxygen atoms in total. The van der Waals surface area contributed by atoms with Gasteiger partial charge in [-0.2, -0.15) is 0 Å². The first-order valence-corrected chi connectivity index (χ1v) is 7.14. The summed E-state index contributed by atoms with van der Waals surface area (Å²) in [6, 6.07) is 6.47. The van der Waals surface area contributed by atoms with Gasteiger partial charge in [-0.3, -0.25) is 0 Å². The second-order valence-corrected chi connectivity index (χ2v) is 5.90. The summed E-state index contributed by atoms with van der Waals surface area (Å²) in [5.41, 5.74) is 2.17. The van der Waals surface area contributed by atoms with Crippen LogP contribution in [0.25, 0.3) is 0 Å². The van der Waals surface area contributed by atoms with E-state index in [9.17, 15) is 10.2 Å². The zero-order valence-corrected chi connectivity index (χ0v) is 11.5. The van der Waals surface area contributed by atoms with Crippen molar-refractivity contribution in [1.82, 2.24) is 5.32 Å². The lowest BCUT2D eigenvalue weighted by molar-refractivity contribution is 0.0572. The van der Waals surface area contributed by atoms with Gasteiger partial charge in [-0.15, -0.1) is 0 Å². The Labute approximate surface area is 118 Å². The molecule has 2 unspecified atom stereocenters. The molecule has 0 bridgehead atoms. The Morgan fingerprint density at radius 2 is 1.89 bits per heavy atom. The third-order valence-electron chi connectivity index (χ3n) is 3.81. The number of halogens is 1. The highest BCUT2D eigenvalue weighted by molar-refractivity contribution is 6.30. The van der Waals surface area contributed by atoms with Crippen LogP contribution in [0.5, 0.6) is 0 Å². The van der Waals surface area contributed by atoms with Crippen molar-refractivity contribution >= 4 is 17.3 Å². The molecule has 2 aliphatic rings. The Hall–Kier alpha value is -0.810. The van der Waals surface area contributed by atoms with Gasteiger partial charge in [-0.25, -0.2) is 0 Å². The topological polar surface area (TPSA) is 55.7 Å². The van der Waals surface area contributed by atoms with E-state index in [2.05, 4.69) is 5.32 Å². The molecule has 2 fully saturated rings. The molecule has 19 heavy (non-hydrogen) atoms. The van der Waals surface area contributed by atoms with Gasteiger partial charge in [0.2, 0.25) is 0 Å². The minimum Gasteiger partial charge on any atom is -0.389 e. The average Bonchev–Trinajstić information content (AvgIpc) is 3.14. The minimum atomic E-state index is -0.678. The molecule has 1 saturated heterocycles. The van der Waals surface area contributed by atoms with E-state index in [1.807, 2.05) is 23.1 Å². The van der Waals surface area contributed by atoms with Crippen LogP contribution in [-0.2, 0) is 6.54 Å². The van der Waals surface area contributed by atoms with Crippen LogP contribution in [0.3, 0.4) is 0 Å². The van der Waals surface area contributed by atoms with E-state index in [0.717, 1.165) is 17.8 Å². The SMILES string of the molecule is OC1CN(c2cc(Cl)ccc2CNC2CC2)CC1O. The van der Waals surface area contributed by atoms with Crippen molar-refractivity contribution in [2.75, 3.05) is 18.0 Å². The molecular formula is C14H19ClN2O2. The highest BCUT2D eigenvalue weighted by Gasteiger charge is 2.31. The van der Waals surface area contributed by atoms with Crippen molar-refractivity contribution in [2.24, 2.45) is 0 Å². The number of hydrogen-bond donors (Lipinski definition) is 3.